The molecule has 37 heavy (non-hydrogen) atoms. The third-order valence-electron chi connectivity index (χ3n) is 6.38. The normalized spacial score (nSPS) is 17.7. The molecule has 0 unspecified atom stereocenters. The van der Waals surface area contributed by atoms with Gasteiger partial charge in [0.15, 0.2) is 5.82 Å². The molecule has 200 valence electrons. The van der Waals surface area contributed by atoms with Gasteiger partial charge in [0.2, 0.25) is 0 Å². The highest BCUT2D eigenvalue weighted by Crippen LogP contribution is 2.38. The summed E-state index contributed by atoms with van der Waals surface area (Å²) in [5.74, 6) is 1.50. The number of benzene rings is 1. The third-order valence-corrected chi connectivity index (χ3v) is 6.38. The van der Waals surface area contributed by atoms with Crippen LogP contribution >= 0.6 is 0 Å². The Morgan fingerprint density at radius 3 is 2.41 bits per heavy atom. The van der Waals surface area contributed by atoms with Crippen LogP contribution < -0.4 is 15.5 Å². The molecule has 2 N–H and O–H groups in total. The minimum Gasteiger partial charge on any atom is -0.444 e. The van der Waals surface area contributed by atoms with E-state index in [0.29, 0.717) is 50.7 Å². The van der Waals surface area contributed by atoms with Crippen LogP contribution in [0.15, 0.2) is 24.3 Å². The van der Waals surface area contributed by atoms with Crippen LogP contribution in [0.4, 0.5) is 21.1 Å². The summed E-state index contributed by atoms with van der Waals surface area (Å²) >= 11 is 0. The highest BCUT2D eigenvalue weighted by molar-refractivity contribution is 5.89. The van der Waals surface area contributed by atoms with E-state index < -0.39 is 5.60 Å². The molecule has 0 bridgehead atoms. The number of urea groups is 1. The monoisotopic (exact) mass is 510 g/mol. The largest absolute Gasteiger partial charge is 0.444 e. The van der Waals surface area contributed by atoms with E-state index in [9.17, 15) is 9.59 Å². The maximum atomic E-state index is 13.1. The molecule has 4 rings (SSSR count). The van der Waals surface area contributed by atoms with Crippen LogP contribution in [0, 0.1) is 0 Å². The molecule has 1 atom stereocenters. The SMILES string of the molecule is CCNC(=O)Nc1ccc(-c2nc3c(c(N4CCOCC4)n2)CCN(C(=O)OC(C)(C)C)[C@@H]3CC)cc1. The molecule has 1 saturated heterocycles. The Balaban J connectivity index is 1.72. The Kier molecular flexibility index (Phi) is 8.16. The van der Waals surface area contributed by atoms with E-state index in [1.807, 2.05) is 52.0 Å². The zero-order valence-electron chi connectivity index (χ0n) is 22.5. The second-order valence-electron chi connectivity index (χ2n) is 10.2. The minimum absolute atomic E-state index is 0.209. The first-order valence-corrected chi connectivity index (χ1v) is 13.1. The molecule has 10 nitrogen and oxygen atoms in total. The molecule has 1 aromatic carbocycles. The quantitative estimate of drug-likeness (QED) is 0.615. The van der Waals surface area contributed by atoms with Crippen molar-refractivity contribution in [2.45, 2.75) is 59.1 Å². The number of hydrogen-bond acceptors (Lipinski definition) is 7. The van der Waals surface area contributed by atoms with E-state index in [2.05, 4.69) is 22.5 Å². The molecule has 0 saturated carbocycles. The van der Waals surface area contributed by atoms with E-state index in [0.717, 1.165) is 35.7 Å². The van der Waals surface area contributed by atoms with Crippen molar-refractivity contribution in [1.29, 1.82) is 0 Å². The summed E-state index contributed by atoms with van der Waals surface area (Å²) in [5.41, 5.74) is 2.91. The van der Waals surface area contributed by atoms with E-state index in [-0.39, 0.29) is 18.2 Å². The topological polar surface area (TPSA) is 109 Å². The fraction of sp³-hybridized carbons (Fsp3) is 0.556. The van der Waals surface area contributed by atoms with E-state index in [4.69, 9.17) is 19.4 Å². The smallest absolute Gasteiger partial charge is 0.410 e. The first-order valence-electron chi connectivity index (χ1n) is 13.1. The summed E-state index contributed by atoms with van der Waals surface area (Å²) in [4.78, 5) is 39.1. The Bertz CT molecular complexity index is 1110. The lowest BCUT2D eigenvalue weighted by Gasteiger charge is -2.39. The summed E-state index contributed by atoms with van der Waals surface area (Å²) in [5, 5.41) is 5.54. The molecule has 2 aliphatic heterocycles. The van der Waals surface area contributed by atoms with Gasteiger partial charge < -0.3 is 25.0 Å². The Morgan fingerprint density at radius 2 is 1.78 bits per heavy atom. The van der Waals surface area contributed by atoms with Crippen molar-refractivity contribution < 1.29 is 19.1 Å². The zero-order chi connectivity index (χ0) is 26.6. The second kappa shape index (κ2) is 11.3. The van der Waals surface area contributed by atoms with Gasteiger partial charge in [0.25, 0.3) is 0 Å². The molecular formula is C27H38N6O4. The van der Waals surface area contributed by atoms with Crippen LogP contribution in [0.5, 0.6) is 0 Å². The fourth-order valence-electron chi connectivity index (χ4n) is 4.70. The lowest BCUT2D eigenvalue weighted by molar-refractivity contribution is 0.0131. The van der Waals surface area contributed by atoms with E-state index >= 15 is 0 Å². The van der Waals surface area contributed by atoms with E-state index in [1.165, 1.54) is 0 Å². The summed E-state index contributed by atoms with van der Waals surface area (Å²) in [7, 11) is 0. The van der Waals surface area contributed by atoms with Crippen LogP contribution in [-0.2, 0) is 15.9 Å². The summed E-state index contributed by atoms with van der Waals surface area (Å²) in [6.07, 6.45) is 1.05. The molecule has 0 aliphatic carbocycles. The van der Waals surface area contributed by atoms with Crippen molar-refractivity contribution in [3.63, 3.8) is 0 Å². The van der Waals surface area contributed by atoms with Crippen LogP contribution in [0.2, 0.25) is 0 Å². The molecule has 10 heteroatoms. The van der Waals surface area contributed by atoms with Gasteiger partial charge in [-0.1, -0.05) is 6.92 Å². The predicted molar refractivity (Wildman–Crippen MR) is 143 cm³/mol. The number of amides is 3. The molecule has 2 aromatic rings. The van der Waals surface area contributed by atoms with Gasteiger partial charge in [-0.15, -0.1) is 0 Å². The van der Waals surface area contributed by atoms with Crippen LogP contribution in [0.1, 0.15) is 58.3 Å². The maximum Gasteiger partial charge on any atom is 0.410 e. The molecule has 0 radical (unpaired) electrons. The molecule has 3 amide bonds. The number of nitrogens with zero attached hydrogens (tertiary/aromatic N) is 4. The molecule has 0 spiro atoms. The van der Waals surface area contributed by atoms with Gasteiger partial charge in [-0.25, -0.2) is 19.6 Å². The number of carbonyl (C=O) groups excluding carboxylic acids is 2. The Labute approximate surface area is 218 Å². The third kappa shape index (κ3) is 6.30. The number of fused-ring (bicyclic) bond motifs is 1. The van der Waals surface area contributed by atoms with Gasteiger partial charge in [-0.05, 0) is 64.8 Å². The van der Waals surface area contributed by atoms with Crippen LogP contribution in [0.25, 0.3) is 11.4 Å². The lowest BCUT2D eigenvalue weighted by Crippen LogP contribution is -2.44. The number of nitrogens with one attached hydrogen (secondary N) is 2. The van der Waals surface area contributed by atoms with E-state index in [1.54, 1.807) is 4.90 Å². The highest BCUT2D eigenvalue weighted by Gasteiger charge is 2.36. The van der Waals surface area contributed by atoms with Gasteiger partial charge in [0, 0.05) is 43.0 Å². The average molecular weight is 511 g/mol. The van der Waals surface area contributed by atoms with Gasteiger partial charge in [-0.3, -0.25) is 4.90 Å². The number of carbonyl (C=O) groups is 2. The zero-order valence-corrected chi connectivity index (χ0v) is 22.5. The highest BCUT2D eigenvalue weighted by atomic mass is 16.6. The number of aromatic nitrogens is 2. The Hall–Kier alpha value is -3.40. The van der Waals surface area contributed by atoms with Crippen LogP contribution in [0.3, 0.4) is 0 Å². The Morgan fingerprint density at radius 1 is 1.08 bits per heavy atom. The second-order valence-corrected chi connectivity index (χ2v) is 10.2. The number of morpholine rings is 1. The van der Waals surface area contributed by atoms with Gasteiger partial charge in [0.1, 0.15) is 11.4 Å². The van der Waals surface area contributed by atoms with Gasteiger partial charge in [-0.2, -0.15) is 0 Å². The predicted octanol–water partition coefficient (Wildman–Crippen LogP) is 4.37. The average Bonchev–Trinajstić information content (AvgIpc) is 2.87. The first kappa shape index (κ1) is 26.7. The summed E-state index contributed by atoms with van der Waals surface area (Å²) < 4.78 is 11.3. The molecule has 3 heterocycles. The number of ether oxygens (including phenoxy) is 2. The maximum absolute atomic E-state index is 13.1. The molecule has 1 aromatic heterocycles. The van der Waals surface area contributed by atoms with Crippen molar-refractivity contribution in [2.75, 3.05) is 49.6 Å². The lowest BCUT2D eigenvalue weighted by atomic mass is 9.95. The number of anilines is 2. The molecular weight excluding hydrogens is 472 g/mol. The summed E-state index contributed by atoms with van der Waals surface area (Å²) in [6.45, 7) is 13.5. The standard InChI is InChI=1S/C27H38N6O4/c1-6-21-22-20(12-13-33(21)26(35)37-27(3,4)5)24(32-14-16-36-17-15-32)31-23(30-22)18-8-10-19(11-9-18)29-25(34)28-7-2/h8-11,21H,6-7,12-17H2,1-5H3,(H2,28,29,34)/t21-/m1/s1. The van der Waals surface area contributed by atoms with Crippen molar-refractivity contribution in [1.82, 2.24) is 20.2 Å². The van der Waals surface area contributed by atoms with Crippen molar-refractivity contribution in [3.05, 3.63) is 35.5 Å². The fourth-order valence-corrected chi connectivity index (χ4v) is 4.70. The first-order chi connectivity index (χ1) is 17.7. The van der Waals surface area contributed by atoms with Gasteiger partial charge in [0.05, 0.1) is 24.9 Å². The number of rotatable bonds is 5. The van der Waals surface area contributed by atoms with Crippen LogP contribution in [-0.4, -0.2) is 72.0 Å². The minimum atomic E-state index is -0.574. The summed E-state index contributed by atoms with van der Waals surface area (Å²) in [6, 6.07) is 7.03. The van der Waals surface area contributed by atoms with Crippen molar-refractivity contribution >= 4 is 23.6 Å². The van der Waals surface area contributed by atoms with Gasteiger partial charge >= 0.3 is 12.1 Å². The van der Waals surface area contributed by atoms with Crippen molar-refractivity contribution in [2.24, 2.45) is 0 Å². The molecule has 2 aliphatic rings. The number of hydrogen-bond donors (Lipinski definition) is 2. The molecule has 1 fully saturated rings. The van der Waals surface area contributed by atoms with Crippen molar-refractivity contribution in [3.8, 4) is 11.4 Å².